The average Bonchev–Trinajstić information content (AvgIpc) is 4.02. The lowest BCUT2D eigenvalue weighted by molar-refractivity contribution is 0.619. The van der Waals surface area contributed by atoms with E-state index in [4.69, 9.17) is 13.8 Å². The van der Waals surface area contributed by atoms with Gasteiger partial charge in [-0.1, -0.05) is 91.0 Å². The van der Waals surface area contributed by atoms with Gasteiger partial charge < -0.3 is 18.3 Å². The van der Waals surface area contributed by atoms with Gasteiger partial charge >= 0.3 is 0 Å². The Morgan fingerprint density at radius 3 is 2.09 bits per heavy atom. The minimum Gasteiger partial charge on any atom is -0.456 e. The summed E-state index contributed by atoms with van der Waals surface area (Å²) in [6.07, 6.45) is 0. The van der Waals surface area contributed by atoms with Gasteiger partial charge in [0.05, 0.1) is 27.8 Å². The van der Waals surface area contributed by atoms with Crippen LogP contribution in [0.3, 0.4) is 0 Å². The van der Waals surface area contributed by atoms with Crippen LogP contribution in [0.15, 0.2) is 185 Å². The van der Waals surface area contributed by atoms with Crippen LogP contribution >= 0.6 is 11.3 Å². The van der Waals surface area contributed by atoms with Crippen LogP contribution < -0.4 is 4.90 Å². The molecular weight excluding hydrogens is 695 g/mol. The molecule has 55 heavy (non-hydrogen) atoms. The molecule has 0 saturated heterocycles. The third-order valence-electron chi connectivity index (χ3n) is 10.8. The standard InChI is InChI=1S/C49H29N3O2S/c1-3-13-30(14-4-1)49-50-47-41(54-49)28-27-40-46(47)35-26-25-32(29-42(35)53-40)51(38-21-12-24-44-45(38)36-18-8-10-23-43(36)55-44)39-22-11-19-34-33-17-7-9-20-37(33)52(48(34)39)31-15-5-2-6-16-31/h1-29H. The van der Waals surface area contributed by atoms with Crippen molar-refractivity contribution in [1.82, 2.24) is 9.55 Å². The molecule has 6 heteroatoms. The SMILES string of the molecule is c1ccc(-c2nc3c(ccc4oc5cc(N(c6cccc7sc8ccccc8c67)c6cccc7c8ccccc8n(-c8ccccc8)c67)ccc5c43)o2)cc1. The Balaban J connectivity index is 1.16. The molecule has 0 aliphatic rings. The molecule has 5 nitrogen and oxygen atoms in total. The first-order valence-corrected chi connectivity index (χ1v) is 19.2. The highest BCUT2D eigenvalue weighted by Gasteiger charge is 2.25. The van der Waals surface area contributed by atoms with E-state index in [1.54, 1.807) is 0 Å². The maximum absolute atomic E-state index is 6.70. The van der Waals surface area contributed by atoms with E-state index < -0.39 is 0 Å². The van der Waals surface area contributed by atoms with E-state index in [0.29, 0.717) is 5.89 Å². The van der Waals surface area contributed by atoms with Gasteiger partial charge in [-0.2, -0.15) is 0 Å². The first kappa shape index (κ1) is 30.3. The summed E-state index contributed by atoms with van der Waals surface area (Å²) >= 11 is 1.83. The molecule has 0 saturated carbocycles. The maximum Gasteiger partial charge on any atom is 0.227 e. The number of aromatic nitrogens is 2. The van der Waals surface area contributed by atoms with E-state index in [-0.39, 0.29) is 0 Å². The minimum absolute atomic E-state index is 0.596. The van der Waals surface area contributed by atoms with E-state index >= 15 is 0 Å². The first-order valence-electron chi connectivity index (χ1n) is 18.4. The van der Waals surface area contributed by atoms with E-state index in [1.807, 2.05) is 53.8 Å². The molecule has 258 valence electrons. The van der Waals surface area contributed by atoms with Crippen molar-refractivity contribution in [2.24, 2.45) is 0 Å². The highest BCUT2D eigenvalue weighted by atomic mass is 32.1. The van der Waals surface area contributed by atoms with E-state index in [1.165, 1.54) is 30.9 Å². The average molecular weight is 724 g/mol. The molecule has 8 aromatic carbocycles. The van der Waals surface area contributed by atoms with E-state index in [9.17, 15) is 0 Å². The molecule has 4 aromatic heterocycles. The van der Waals surface area contributed by atoms with Crippen molar-refractivity contribution in [1.29, 1.82) is 0 Å². The van der Waals surface area contributed by atoms with Crippen LogP contribution in [0.4, 0.5) is 17.1 Å². The fraction of sp³-hybridized carbons (Fsp3) is 0. The molecule has 0 bridgehead atoms. The number of anilines is 3. The topological polar surface area (TPSA) is 47.3 Å². The number of para-hydroxylation sites is 3. The number of hydrogen-bond acceptors (Lipinski definition) is 5. The molecule has 0 aliphatic heterocycles. The van der Waals surface area contributed by atoms with Crippen LogP contribution in [0.1, 0.15) is 0 Å². The summed E-state index contributed by atoms with van der Waals surface area (Å²) in [5.74, 6) is 0.596. The van der Waals surface area contributed by atoms with Gasteiger partial charge in [-0.25, -0.2) is 4.98 Å². The predicted molar refractivity (Wildman–Crippen MR) is 229 cm³/mol. The van der Waals surface area contributed by atoms with Gasteiger partial charge in [0.1, 0.15) is 16.7 Å². The van der Waals surface area contributed by atoms with Crippen LogP contribution in [0.5, 0.6) is 0 Å². The van der Waals surface area contributed by atoms with Gasteiger partial charge in [0.15, 0.2) is 5.58 Å². The van der Waals surface area contributed by atoms with Crippen molar-refractivity contribution in [3.05, 3.63) is 176 Å². The minimum atomic E-state index is 0.596. The quantitative estimate of drug-likeness (QED) is 0.177. The summed E-state index contributed by atoms with van der Waals surface area (Å²) in [6.45, 7) is 0. The van der Waals surface area contributed by atoms with Crippen molar-refractivity contribution in [3.8, 4) is 17.1 Å². The third kappa shape index (κ3) is 4.49. The Bertz CT molecular complexity index is 3450. The summed E-state index contributed by atoms with van der Waals surface area (Å²) in [5.41, 5.74) is 10.6. The van der Waals surface area contributed by atoms with Gasteiger partial charge in [-0.05, 0) is 78.9 Å². The first-order chi connectivity index (χ1) is 27.3. The largest absolute Gasteiger partial charge is 0.456 e. The second kappa shape index (κ2) is 11.7. The molecule has 12 rings (SSSR count). The van der Waals surface area contributed by atoms with Gasteiger partial charge in [0, 0.05) is 59.3 Å². The number of nitrogens with zero attached hydrogens (tertiary/aromatic N) is 3. The number of thiophene rings is 1. The van der Waals surface area contributed by atoms with Crippen LogP contribution in [-0.2, 0) is 0 Å². The van der Waals surface area contributed by atoms with Crippen LogP contribution in [-0.4, -0.2) is 9.55 Å². The number of hydrogen-bond donors (Lipinski definition) is 0. The maximum atomic E-state index is 6.70. The van der Waals surface area contributed by atoms with Gasteiger partial charge in [-0.3, -0.25) is 0 Å². The fourth-order valence-corrected chi connectivity index (χ4v) is 9.59. The smallest absolute Gasteiger partial charge is 0.227 e. The lowest BCUT2D eigenvalue weighted by Gasteiger charge is -2.28. The second-order valence-electron chi connectivity index (χ2n) is 13.9. The van der Waals surface area contributed by atoms with Gasteiger partial charge in [-0.15, -0.1) is 11.3 Å². The Morgan fingerprint density at radius 2 is 1.20 bits per heavy atom. The Morgan fingerprint density at radius 1 is 0.491 bits per heavy atom. The number of benzene rings is 8. The van der Waals surface area contributed by atoms with E-state index in [2.05, 4.69) is 143 Å². The lowest BCUT2D eigenvalue weighted by atomic mass is 10.1. The molecule has 0 spiro atoms. The van der Waals surface area contributed by atoms with Crippen molar-refractivity contribution < 1.29 is 8.83 Å². The molecule has 0 unspecified atom stereocenters. The van der Waals surface area contributed by atoms with Crippen molar-refractivity contribution in [3.63, 3.8) is 0 Å². The monoisotopic (exact) mass is 723 g/mol. The zero-order valence-electron chi connectivity index (χ0n) is 29.3. The Hall–Kier alpha value is -7.15. The zero-order valence-corrected chi connectivity index (χ0v) is 30.1. The molecule has 0 amide bonds. The molecule has 0 radical (unpaired) electrons. The van der Waals surface area contributed by atoms with Crippen molar-refractivity contribution in [2.45, 2.75) is 0 Å². The summed E-state index contributed by atoms with van der Waals surface area (Å²) in [4.78, 5) is 7.42. The second-order valence-corrected chi connectivity index (χ2v) is 15.0. The highest BCUT2D eigenvalue weighted by molar-refractivity contribution is 7.26. The predicted octanol–water partition coefficient (Wildman–Crippen LogP) is 14.3. The lowest BCUT2D eigenvalue weighted by Crippen LogP contribution is -2.12. The summed E-state index contributed by atoms with van der Waals surface area (Å²) in [5, 5.41) is 6.82. The van der Waals surface area contributed by atoms with Crippen molar-refractivity contribution >= 4 is 103 Å². The molecule has 0 N–H and O–H groups in total. The molecule has 0 aliphatic carbocycles. The van der Waals surface area contributed by atoms with E-state index in [0.717, 1.165) is 72.4 Å². The Kier molecular flexibility index (Phi) is 6.44. The molecule has 12 aromatic rings. The fourth-order valence-electron chi connectivity index (χ4n) is 8.46. The number of oxazole rings is 1. The number of rotatable bonds is 5. The molecule has 0 atom stereocenters. The van der Waals surface area contributed by atoms with Crippen LogP contribution in [0.2, 0.25) is 0 Å². The number of fused-ring (bicyclic) bond motifs is 11. The van der Waals surface area contributed by atoms with Gasteiger partial charge in [0.2, 0.25) is 5.89 Å². The Labute approximate surface area is 318 Å². The number of furan rings is 1. The molecule has 4 heterocycles. The zero-order chi connectivity index (χ0) is 36.0. The van der Waals surface area contributed by atoms with Crippen LogP contribution in [0.25, 0.3) is 92.2 Å². The summed E-state index contributed by atoms with van der Waals surface area (Å²) < 4.78 is 17.9. The third-order valence-corrected chi connectivity index (χ3v) is 11.9. The highest BCUT2D eigenvalue weighted by Crippen LogP contribution is 2.49. The van der Waals surface area contributed by atoms with Gasteiger partial charge in [0.25, 0.3) is 0 Å². The van der Waals surface area contributed by atoms with Crippen LogP contribution in [0, 0.1) is 0 Å². The molecule has 0 fully saturated rings. The summed E-state index contributed by atoms with van der Waals surface area (Å²) in [7, 11) is 0. The molecular formula is C49H29N3O2S. The van der Waals surface area contributed by atoms with Crippen molar-refractivity contribution in [2.75, 3.05) is 4.90 Å². The summed E-state index contributed by atoms with van der Waals surface area (Å²) in [6, 6.07) is 62.0. The normalized spacial score (nSPS) is 12.0.